The van der Waals surface area contributed by atoms with Gasteiger partial charge in [-0.1, -0.05) is 17.7 Å². The van der Waals surface area contributed by atoms with Crippen LogP contribution in [0.1, 0.15) is 0 Å². The van der Waals surface area contributed by atoms with Gasteiger partial charge in [0, 0.05) is 22.5 Å². The van der Waals surface area contributed by atoms with Crippen molar-refractivity contribution in [3.05, 3.63) is 47.5 Å². The minimum atomic E-state index is -0.304. The molecule has 0 bridgehead atoms. The second kappa shape index (κ2) is 6.85. The SMILES string of the molecule is COc1ccc(N)cc1OCC(=O)Nc1cccc(Cl)c1. The van der Waals surface area contributed by atoms with E-state index in [1.165, 1.54) is 7.11 Å². The Morgan fingerprint density at radius 1 is 1.24 bits per heavy atom. The van der Waals surface area contributed by atoms with Crippen molar-refractivity contribution in [2.24, 2.45) is 0 Å². The predicted molar refractivity (Wildman–Crippen MR) is 83.0 cm³/mol. The first kappa shape index (κ1) is 15.0. The molecule has 0 saturated heterocycles. The molecular weight excluding hydrogens is 292 g/mol. The molecule has 5 nitrogen and oxygen atoms in total. The number of nitrogens with two attached hydrogens (primary N) is 1. The minimum absolute atomic E-state index is 0.160. The van der Waals surface area contributed by atoms with Crippen LogP contribution in [0.5, 0.6) is 11.5 Å². The summed E-state index contributed by atoms with van der Waals surface area (Å²) in [5.74, 6) is 0.625. The second-order valence-electron chi connectivity index (χ2n) is 4.26. The van der Waals surface area contributed by atoms with Crippen LogP contribution in [0, 0.1) is 0 Å². The number of amides is 1. The number of methoxy groups -OCH3 is 1. The Morgan fingerprint density at radius 2 is 2.05 bits per heavy atom. The smallest absolute Gasteiger partial charge is 0.262 e. The number of carbonyl (C=O) groups excluding carboxylic acids is 1. The lowest BCUT2D eigenvalue weighted by Crippen LogP contribution is -2.20. The number of rotatable bonds is 5. The zero-order chi connectivity index (χ0) is 15.2. The van der Waals surface area contributed by atoms with E-state index in [4.69, 9.17) is 26.8 Å². The summed E-state index contributed by atoms with van der Waals surface area (Å²) in [6, 6.07) is 11.8. The average molecular weight is 307 g/mol. The fourth-order valence-electron chi connectivity index (χ4n) is 1.71. The van der Waals surface area contributed by atoms with Gasteiger partial charge in [-0.05, 0) is 30.3 Å². The highest BCUT2D eigenvalue weighted by Crippen LogP contribution is 2.28. The highest BCUT2D eigenvalue weighted by molar-refractivity contribution is 6.30. The van der Waals surface area contributed by atoms with Gasteiger partial charge in [-0.3, -0.25) is 4.79 Å². The molecule has 0 unspecified atom stereocenters. The Hall–Kier alpha value is -2.40. The largest absolute Gasteiger partial charge is 0.493 e. The quantitative estimate of drug-likeness (QED) is 0.833. The van der Waals surface area contributed by atoms with Crippen molar-refractivity contribution >= 4 is 28.9 Å². The van der Waals surface area contributed by atoms with E-state index >= 15 is 0 Å². The lowest BCUT2D eigenvalue weighted by Gasteiger charge is -2.11. The second-order valence-corrected chi connectivity index (χ2v) is 4.69. The summed E-state index contributed by atoms with van der Waals surface area (Å²) in [5.41, 5.74) is 6.81. The number of hydrogen-bond acceptors (Lipinski definition) is 4. The summed E-state index contributed by atoms with van der Waals surface area (Å²) in [6.07, 6.45) is 0. The number of hydrogen-bond donors (Lipinski definition) is 2. The van der Waals surface area contributed by atoms with Crippen molar-refractivity contribution in [1.82, 2.24) is 0 Å². The molecule has 2 rings (SSSR count). The summed E-state index contributed by atoms with van der Waals surface area (Å²) >= 11 is 5.85. The number of anilines is 2. The van der Waals surface area contributed by atoms with Crippen LogP contribution in [-0.2, 0) is 4.79 Å². The van der Waals surface area contributed by atoms with Gasteiger partial charge in [0.1, 0.15) is 0 Å². The van der Waals surface area contributed by atoms with E-state index in [0.29, 0.717) is 27.9 Å². The third kappa shape index (κ3) is 4.29. The Kier molecular flexibility index (Phi) is 4.90. The van der Waals surface area contributed by atoms with Gasteiger partial charge in [0.15, 0.2) is 18.1 Å². The molecule has 2 aromatic rings. The molecule has 0 fully saturated rings. The van der Waals surface area contributed by atoms with Crippen LogP contribution in [0.15, 0.2) is 42.5 Å². The van der Waals surface area contributed by atoms with Crippen LogP contribution in [0.25, 0.3) is 0 Å². The van der Waals surface area contributed by atoms with Gasteiger partial charge in [-0.15, -0.1) is 0 Å². The highest BCUT2D eigenvalue weighted by Gasteiger charge is 2.08. The number of ether oxygens (including phenoxy) is 2. The van der Waals surface area contributed by atoms with Crippen molar-refractivity contribution in [3.8, 4) is 11.5 Å². The minimum Gasteiger partial charge on any atom is -0.493 e. The highest BCUT2D eigenvalue weighted by atomic mass is 35.5. The topological polar surface area (TPSA) is 73.6 Å². The maximum absolute atomic E-state index is 11.8. The Bertz CT molecular complexity index is 647. The molecule has 0 heterocycles. The molecule has 0 aliphatic heterocycles. The maximum Gasteiger partial charge on any atom is 0.262 e. The fraction of sp³-hybridized carbons (Fsp3) is 0.133. The van der Waals surface area contributed by atoms with Crippen LogP contribution >= 0.6 is 11.6 Å². The average Bonchev–Trinajstić information content (AvgIpc) is 2.45. The van der Waals surface area contributed by atoms with Crippen LogP contribution in [0.3, 0.4) is 0 Å². The van der Waals surface area contributed by atoms with Crippen LogP contribution in [0.4, 0.5) is 11.4 Å². The van der Waals surface area contributed by atoms with E-state index in [1.807, 2.05) is 0 Å². The van der Waals surface area contributed by atoms with Crippen LogP contribution in [0.2, 0.25) is 5.02 Å². The Balaban J connectivity index is 1.96. The lowest BCUT2D eigenvalue weighted by atomic mass is 10.3. The number of nitrogen functional groups attached to an aromatic ring is 1. The zero-order valence-corrected chi connectivity index (χ0v) is 12.2. The Labute approximate surface area is 127 Å². The molecule has 1 amide bonds. The van der Waals surface area contributed by atoms with Gasteiger partial charge >= 0.3 is 0 Å². The molecule has 0 spiro atoms. The summed E-state index contributed by atoms with van der Waals surface area (Å²) in [4.78, 5) is 11.8. The molecular formula is C15H15ClN2O3. The molecule has 0 aliphatic rings. The standard InChI is InChI=1S/C15H15ClN2O3/c1-20-13-6-5-11(17)8-14(13)21-9-15(19)18-12-4-2-3-10(16)7-12/h2-8H,9,17H2,1H3,(H,18,19). The van der Waals surface area contributed by atoms with E-state index in [0.717, 1.165) is 0 Å². The molecule has 6 heteroatoms. The number of halogens is 1. The lowest BCUT2D eigenvalue weighted by molar-refractivity contribution is -0.118. The van der Waals surface area contributed by atoms with E-state index in [9.17, 15) is 4.79 Å². The van der Waals surface area contributed by atoms with Crippen molar-refractivity contribution in [1.29, 1.82) is 0 Å². The summed E-state index contributed by atoms with van der Waals surface area (Å²) in [5, 5.41) is 3.23. The zero-order valence-electron chi connectivity index (χ0n) is 11.4. The van der Waals surface area contributed by atoms with Crippen LogP contribution in [-0.4, -0.2) is 19.6 Å². The van der Waals surface area contributed by atoms with Crippen LogP contribution < -0.4 is 20.5 Å². The molecule has 3 N–H and O–H groups in total. The molecule has 21 heavy (non-hydrogen) atoms. The third-order valence-electron chi connectivity index (χ3n) is 2.65. The first-order valence-corrected chi connectivity index (χ1v) is 6.58. The molecule has 0 atom stereocenters. The van der Waals surface area contributed by atoms with Crippen molar-refractivity contribution in [2.75, 3.05) is 24.8 Å². The monoisotopic (exact) mass is 306 g/mol. The fourth-order valence-corrected chi connectivity index (χ4v) is 1.90. The molecule has 2 aromatic carbocycles. The van der Waals surface area contributed by atoms with Crippen molar-refractivity contribution in [3.63, 3.8) is 0 Å². The first-order chi connectivity index (χ1) is 10.1. The number of carbonyl (C=O) groups is 1. The van der Waals surface area contributed by atoms with Gasteiger partial charge in [-0.2, -0.15) is 0 Å². The molecule has 0 aliphatic carbocycles. The number of benzene rings is 2. The molecule has 0 aromatic heterocycles. The van der Waals surface area contributed by atoms with E-state index < -0.39 is 0 Å². The van der Waals surface area contributed by atoms with Crippen molar-refractivity contribution in [2.45, 2.75) is 0 Å². The predicted octanol–water partition coefficient (Wildman–Crippen LogP) is 2.95. The van der Waals surface area contributed by atoms with E-state index in [-0.39, 0.29) is 12.5 Å². The summed E-state index contributed by atoms with van der Waals surface area (Å²) in [7, 11) is 1.52. The Morgan fingerprint density at radius 3 is 2.76 bits per heavy atom. The normalized spacial score (nSPS) is 10.0. The molecule has 0 saturated carbocycles. The molecule has 110 valence electrons. The maximum atomic E-state index is 11.8. The first-order valence-electron chi connectivity index (χ1n) is 6.20. The third-order valence-corrected chi connectivity index (χ3v) is 2.89. The van der Waals surface area contributed by atoms with Crippen molar-refractivity contribution < 1.29 is 14.3 Å². The summed E-state index contributed by atoms with van der Waals surface area (Å²) in [6.45, 7) is -0.160. The molecule has 0 radical (unpaired) electrons. The van der Waals surface area contributed by atoms with E-state index in [2.05, 4.69) is 5.32 Å². The van der Waals surface area contributed by atoms with Gasteiger partial charge < -0.3 is 20.5 Å². The van der Waals surface area contributed by atoms with Gasteiger partial charge in [0.25, 0.3) is 5.91 Å². The van der Waals surface area contributed by atoms with Gasteiger partial charge in [0.2, 0.25) is 0 Å². The number of nitrogens with one attached hydrogen (secondary N) is 1. The van der Waals surface area contributed by atoms with Gasteiger partial charge in [-0.25, -0.2) is 0 Å². The van der Waals surface area contributed by atoms with Gasteiger partial charge in [0.05, 0.1) is 7.11 Å². The summed E-state index contributed by atoms with van der Waals surface area (Å²) < 4.78 is 10.6. The van der Waals surface area contributed by atoms with E-state index in [1.54, 1.807) is 42.5 Å².